The largest absolute Gasteiger partial charge is 0.461 e. The number of rotatable bonds is 5. The molecule has 2 saturated heterocycles. The van der Waals surface area contributed by atoms with Crippen LogP contribution in [0.15, 0.2) is 48.6 Å². The van der Waals surface area contributed by atoms with Crippen molar-refractivity contribution in [1.29, 1.82) is 0 Å². The third-order valence-corrected chi connectivity index (χ3v) is 9.33. The molecule has 1 N–H and O–H groups in total. The molecule has 0 aromatic heterocycles. The Morgan fingerprint density at radius 1 is 1.17 bits per heavy atom. The molecule has 9 heteroatoms. The third kappa shape index (κ3) is 3.90. The smallest absolute Gasteiger partial charge is 0.311 e. The molecule has 35 heavy (non-hydrogen) atoms. The number of carbonyl (C=O) groups excluding carboxylic acids is 3. The van der Waals surface area contributed by atoms with Gasteiger partial charge in [0.25, 0.3) is 5.91 Å². The molecule has 2 amide bonds. The highest BCUT2D eigenvalue weighted by atomic mass is 35.5. The molecule has 0 saturated carbocycles. The third-order valence-electron chi connectivity index (χ3n) is 7.34. The van der Waals surface area contributed by atoms with Gasteiger partial charge in [0.05, 0.1) is 29.2 Å². The quantitative estimate of drug-likeness (QED) is 0.478. The van der Waals surface area contributed by atoms with Crippen molar-refractivity contribution in [2.24, 2.45) is 17.8 Å². The second kappa shape index (κ2) is 9.30. The zero-order valence-electron chi connectivity index (χ0n) is 19.7. The average Bonchev–Trinajstić information content (AvgIpc) is 3.13. The minimum absolute atomic E-state index is 0.180. The summed E-state index contributed by atoms with van der Waals surface area (Å²) in [4.78, 5) is 44.7. The number of cyclic esters (lactones) is 1. The highest BCUT2D eigenvalue weighted by Crippen LogP contribution is 2.61. The van der Waals surface area contributed by atoms with Crippen molar-refractivity contribution < 1.29 is 24.2 Å². The number of ether oxygens (including phenoxy) is 1. The number of nitrogens with zero attached hydrogens (tertiary/aromatic N) is 2. The van der Waals surface area contributed by atoms with Crippen LogP contribution in [0.3, 0.4) is 0 Å². The first-order chi connectivity index (χ1) is 16.8. The minimum Gasteiger partial charge on any atom is -0.461 e. The second-order valence-electron chi connectivity index (χ2n) is 9.94. The molecule has 1 aromatic rings. The van der Waals surface area contributed by atoms with E-state index in [1.165, 1.54) is 11.8 Å². The standard InChI is InChI=1S/C26H29ClN2O5S/c1-15(2)13-18(14-30)29-22-24(32)28(17-8-6-16(27)7-9-17)11-4-10-26(22)21(23(29)31)20-19(35-26)5-3-12-34-25(20)33/h3-10,15,18-22,30H,11-14H2,1-2H3/t18-,19-,20+,21+,22?,26+/m1/s1. The van der Waals surface area contributed by atoms with E-state index in [1.54, 1.807) is 34.1 Å². The van der Waals surface area contributed by atoms with E-state index < -0.39 is 34.6 Å². The van der Waals surface area contributed by atoms with Crippen molar-refractivity contribution >= 4 is 46.8 Å². The van der Waals surface area contributed by atoms with Gasteiger partial charge >= 0.3 is 5.97 Å². The number of aliphatic hydroxyl groups is 1. The van der Waals surface area contributed by atoms with Gasteiger partial charge in [0.15, 0.2) is 0 Å². The Balaban J connectivity index is 1.64. The summed E-state index contributed by atoms with van der Waals surface area (Å²) in [5.41, 5.74) is 0.679. The topological polar surface area (TPSA) is 87.2 Å². The molecule has 186 valence electrons. The lowest BCUT2D eigenvalue weighted by Crippen LogP contribution is -2.57. The van der Waals surface area contributed by atoms with Gasteiger partial charge in [0.2, 0.25) is 5.91 Å². The van der Waals surface area contributed by atoms with Gasteiger partial charge in [-0.05, 0) is 36.6 Å². The van der Waals surface area contributed by atoms with Gasteiger partial charge in [-0.3, -0.25) is 14.4 Å². The predicted molar refractivity (Wildman–Crippen MR) is 135 cm³/mol. The summed E-state index contributed by atoms with van der Waals surface area (Å²) in [6.07, 6.45) is 8.16. The van der Waals surface area contributed by atoms with Gasteiger partial charge in [-0.15, -0.1) is 11.8 Å². The zero-order valence-corrected chi connectivity index (χ0v) is 21.2. The SMILES string of the molecule is CC(C)C[C@H](CO)N1C(=O)[C@@H]2[C@H]3C(=O)OCC=C[C@H]3S[C@@]23C=CCN(c2ccc(Cl)cc2)C(=O)C13. The maximum Gasteiger partial charge on any atom is 0.311 e. The minimum atomic E-state index is -0.935. The van der Waals surface area contributed by atoms with Crippen LogP contribution in [0.4, 0.5) is 5.69 Å². The van der Waals surface area contributed by atoms with Crippen LogP contribution in [-0.2, 0) is 19.1 Å². The van der Waals surface area contributed by atoms with Crippen molar-refractivity contribution in [3.63, 3.8) is 0 Å². The van der Waals surface area contributed by atoms with Crippen LogP contribution in [-0.4, -0.2) is 69.6 Å². The lowest BCUT2D eigenvalue weighted by atomic mass is 9.78. The highest BCUT2D eigenvalue weighted by Gasteiger charge is 2.71. The number of amides is 2. The fourth-order valence-electron chi connectivity index (χ4n) is 5.97. The van der Waals surface area contributed by atoms with Gasteiger partial charge < -0.3 is 19.6 Å². The fraction of sp³-hybridized carbons (Fsp3) is 0.500. The molecule has 0 bridgehead atoms. The summed E-state index contributed by atoms with van der Waals surface area (Å²) in [5, 5.41) is 10.6. The van der Waals surface area contributed by atoms with Crippen LogP contribution in [0.2, 0.25) is 5.02 Å². The van der Waals surface area contributed by atoms with E-state index in [0.29, 0.717) is 23.7 Å². The molecule has 2 fully saturated rings. The number of anilines is 1. The summed E-state index contributed by atoms with van der Waals surface area (Å²) in [6, 6.07) is 5.64. The number of halogens is 1. The highest BCUT2D eigenvalue weighted by molar-refractivity contribution is 8.02. The zero-order chi connectivity index (χ0) is 24.9. The van der Waals surface area contributed by atoms with E-state index in [0.717, 1.165) is 0 Å². The molecule has 0 aliphatic carbocycles. The average molecular weight is 517 g/mol. The monoisotopic (exact) mass is 516 g/mol. The van der Waals surface area contributed by atoms with Gasteiger partial charge in [-0.25, -0.2) is 0 Å². The van der Waals surface area contributed by atoms with E-state index in [-0.39, 0.29) is 36.2 Å². The number of benzene rings is 1. The molecule has 4 aliphatic rings. The lowest BCUT2D eigenvalue weighted by Gasteiger charge is -2.39. The van der Waals surface area contributed by atoms with Gasteiger partial charge in [-0.2, -0.15) is 0 Å². The Hall–Kier alpha value is -2.29. The Morgan fingerprint density at radius 2 is 1.91 bits per heavy atom. The molecular formula is C26H29ClN2O5S. The summed E-state index contributed by atoms with van der Waals surface area (Å²) >= 11 is 7.57. The maximum absolute atomic E-state index is 14.3. The maximum atomic E-state index is 14.3. The number of fused-ring (bicyclic) bond motifs is 2. The van der Waals surface area contributed by atoms with Crippen LogP contribution in [0, 0.1) is 17.8 Å². The van der Waals surface area contributed by atoms with Crippen LogP contribution in [0.1, 0.15) is 20.3 Å². The number of esters is 1. The molecule has 1 spiro atoms. The summed E-state index contributed by atoms with van der Waals surface area (Å²) in [6.45, 7) is 4.29. The molecule has 1 aromatic carbocycles. The second-order valence-corrected chi connectivity index (χ2v) is 11.9. The Morgan fingerprint density at radius 3 is 2.60 bits per heavy atom. The first kappa shape index (κ1) is 24.4. The van der Waals surface area contributed by atoms with Crippen LogP contribution in [0.5, 0.6) is 0 Å². The number of aliphatic hydroxyl groups excluding tert-OH is 1. The molecule has 4 aliphatic heterocycles. The van der Waals surface area contributed by atoms with Crippen LogP contribution in [0.25, 0.3) is 0 Å². The molecule has 4 heterocycles. The van der Waals surface area contributed by atoms with Crippen molar-refractivity contribution in [2.45, 2.75) is 42.3 Å². The molecular weight excluding hydrogens is 488 g/mol. The number of likely N-dealkylation sites (tertiary alicyclic amines) is 1. The summed E-state index contributed by atoms with van der Waals surface area (Å²) in [7, 11) is 0. The normalized spacial score (nSPS) is 32.8. The van der Waals surface area contributed by atoms with E-state index in [4.69, 9.17) is 16.3 Å². The van der Waals surface area contributed by atoms with Crippen molar-refractivity contribution in [2.75, 3.05) is 24.7 Å². The van der Waals surface area contributed by atoms with Crippen LogP contribution < -0.4 is 4.90 Å². The molecule has 0 radical (unpaired) electrons. The van der Waals surface area contributed by atoms with Crippen molar-refractivity contribution in [3.8, 4) is 0 Å². The molecule has 5 rings (SSSR count). The summed E-state index contributed by atoms with van der Waals surface area (Å²) < 4.78 is 4.47. The number of hydrogen-bond donors (Lipinski definition) is 1. The Kier molecular flexibility index (Phi) is 6.48. The van der Waals surface area contributed by atoms with Crippen molar-refractivity contribution in [3.05, 3.63) is 53.6 Å². The first-order valence-electron chi connectivity index (χ1n) is 12.0. The van der Waals surface area contributed by atoms with Gasteiger partial charge in [0, 0.05) is 22.5 Å². The van der Waals surface area contributed by atoms with Gasteiger partial charge in [-0.1, -0.05) is 49.8 Å². The predicted octanol–water partition coefficient (Wildman–Crippen LogP) is 3.06. The van der Waals surface area contributed by atoms with Gasteiger partial charge in [0.1, 0.15) is 12.6 Å². The number of thioether (sulfide) groups is 1. The lowest BCUT2D eigenvalue weighted by molar-refractivity contribution is -0.152. The van der Waals surface area contributed by atoms with E-state index in [2.05, 4.69) is 0 Å². The molecule has 6 atom stereocenters. The Labute approximate surface area is 214 Å². The van der Waals surface area contributed by atoms with E-state index >= 15 is 0 Å². The molecule has 7 nitrogen and oxygen atoms in total. The first-order valence-corrected chi connectivity index (χ1v) is 13.2. The fourth-order valence-corrected chi connectivity index (χ4v) is 8.09. The van der Waals surface area contributed by atoms with E-state index in [9.17, 15) is 19.5 Å². The number of carbonyl (C=O) groups is 3. The van der Waals surface area contributed by atoms with Crippen molar-refractivity contribution in [1.82, 2.24) is 4.90 Å². The van der Waals surface area contributed by atoms with E-state index in [1.807, 2.05) is 38.2 Å². The summed E-state index contributed by atoms with van der Waals surface area (Å²) in [5.74, 6) is -2.13. The number of hydrogen-bond acceptors (Lipinski definition) is 6. The molecule has 1 unspecified atom stereocenters. The van der Waals surface area contributed by atoms with Crippen LogP contribution >= 0.6 is 23.4 Å². The Bertz CT molecular complexity index is 1090.